The van der Waals surface area contributed by atoms with Crippen LogP contribution < -0.4 is 21.1 Å². The van der Waals surface area contributed by atoms with Crippen LogP contribution in [0, 0.1) is 13.8 Å². The lowest BCUT2D eigenvalue weighted by Crippen LogP contribution is -2.38. The molecule has 73 heavy (non-hydrogen) atoms. The Labute approximate surface area is 442 Å². The third-order valence-corrected chi connectivity index (χ3v) is 17.4. The van der Waals surface area contributed by atoms with Crippen molar-refractivity contribution in [2.24, 2.45) is 0 Å². The first-order valence-corrected chi connectivity index (χ1v) is 27.6. The molecule has 0 unspecified atom stereocenters. The van der Waals surface area contributed by atoms with Crippen molar-refractivity contribution in [1.29, 1.82) is 0 Å². The summed E-state index contributed by atoms with van der Waals surface area (Å²) >= 11 is 0. The minimum atomic E-state index is 0.0742. The quantitative estimate of drug-likeness (QED) is 0.103. The summed E-state index contributed by atoms with van der Waals surface area (Å²) < 4.78 is 0. The fourth-order valence-electron chi connectivity index (χ4n) is 12.7. The van der Waals surface area contributed by atoms with Gasteiger partial charge in [0.1, 0.15) is 7.85 Å². The van der Waals surface area contributed by atoms with Crippen LogP contribution >= 0.6 is 0 Å². The van der Waals surface area contributed by atoms with Crippen molar-refractivity contribution < 1.29 is 0 Å². The van der Waals surface area contributed by atoms with Crippen LogP contribution in [0.1, 0.15) is 172 Å². The van der Waals surface area contributed by atoms with E-state index >= 15 is 0 Å². The number of aryl methyl sites for hydroxylation is 2. The monoisotopic (exact) mass is 961 g/mol. The predicted molar refractivity (Wildman–Crippen MR) is 326 cm³/mol. The summed E-state index contributed by atoms with van der Waals surface area (Å²) in [5.74, 6) is 0. The molecule has 0 aromatic heterocycles. The minimum Gasteiger partial charge on any atom is -0.355 e. The first-order chi connectivity index (χ1) is 34.6. The Balaban J connectivity index is 1.40. The number of hydrogen-bond donors (Lipinski definition) is 1. The van der Waals surface area contributed by atoms with Crippen LogP contribution in [0.5, 0.6) is 0 Å². The third kappa shape index (κ3) is 9.70. The van der Waals surface area contributed by atoms with E-state index in [0.717, 1.165) is 31.5 Å². The maximum Gasteiger partial charge on any atom is 0.198 e. The molecule has 0 radical (unpaired) electrons. The lowest BCUT2D eigenvalue weighted by atomic mass is 9.53. The van der Waals surface area contributed by atoms with E-state index in [4.69, 9.17) is 0 Å². The van der Waals surface area contributed by atoms with E-state index in [1.54, 1.807) is 0 Å². The van der Waals surface area contributed by atoms with Gasteiger partial charge in [-0.3, -0.25) is 0 Å². The predicted octanol–water partition coefficient (Wildman–Crippen LogP) is 16.8. The van der Waals surface area contributed by atoms with Crippen molar-refractivity contribution in [3.8, 4) is 22.3 Å². The van der Waals surface area contributed by atoms with Gasteiger partial charge in [-0.05, 0) is 198 Å². The molecule has 2 nitrogen and oxygen atoms in total. The Hall–Kier alpha value is -5.99. The van der Waals surface area contributed by atoms with Crippen LogP contribution in [0.25, 0.3) is 33.3 Å². The highest BCUT2D eigenvalue weighted by atomic mass is 15.2. The molecular formula is C69H82B2N2. The zero-order valence-corrected chi connectivity index (χ0v) is 47.5. The molecule has 0 bridgehead atoms. The second kappa shape index (κ2) is 19.7. The topological polar surface area (TPSA) is 15.3 Å². The van der Waals surface area contributed by atoms with Crippen molar-refractivity contribution in [2.75, 3.05) is 10.2 Å². The average molecular weight is 961 g/mol. The minimum absolute atomic E-state index is 0.0742. The van der Waals surface area contributed by atoms with Gasteiger partial charge in [-0.25, -0.2) is 0 Å². The number of anilines is 4. The number of allylic oxidation sites excluding steroid dienone is 7. The second-order valence-corrected chi connectivity index (χ2v) is 25.0. The fraction of sp³-hybridized carbons (Fsp3) is 0.362. The average Bonchev–Trinajstić information content (AvgIpc) is 3.34. The highest BCUT2D eigenvalue weighted by Crippen LogP contribution is 2.52. The van der Waals surface area contributed by atoms with Crippen molar-refractivity contribution in [1.82, 2.24) is 0 Å². The van der Waals surface area contributed by atoms with E-state index in [-0.39, 0.29) is 21.7 Å². The van der Waals surface area contributed by atoms with Crippen LogP contribution in [0.4, 0.5) is 22.7 Å². The van der Waals surface area contributed by atoms with E-state index in [9.17, 15) is 0 Å². The number of hydrogen-bond acceptors (Lipinski definition) is 2. The van der Waals surface area contributed by atoms with Crippen molar-refractivity contribution in [3.63, 3.8) is 0 Å². The zero-order chi connectivity index (χ0) is 52.4. The summed E-state index contributed by atoms with van der Waals surface area (Å²) in [5.41, 5.74) is 30.9. The van der Waals surface area contributed by atoms with Gasteiger partial charge in [0, 0.05) is 33.9 Å². The van der Waals surface area contributed by atoms with Gasteiger partial charge >= 0.3 is 0 Å². The molecule has 4 heteroatoms. The van der Waals surface area contributed by atoms with Crippen LogP contribution in [0.3, 0.4) is 0 Å². The standard InChI is InChI=1S/C69H82B2N2/c1-16-18-20-26-50(43(3)4)54-41-56(55-37-44(5)27-31-61(55)72-49-29-30-57-59(40-49)68(12,13)34-33-66(57,8)9)64-65(51(54)23-17-2)73(62-32-28-48(70)39-53(62)47-24-21-19-22-25-47)46(7)63(71-64)52-42-60-58(38-45(52)6)67(10,11)35-36-69(60,14)15/h16,18-22,24-32,37-42,71-72H,17,23,33-36,70H2,1-15H3/b18-16-,26-20-. The molecule has 0 fully saturated rings. The van der Waals surface area contributed by atoms with Gasteiger partial charge in [0.25, 0.3) is 0 Å². The molecule has 2 aliphatic carbocycles. The van der Waals surface area contributed by atoms with Gasteiger partial charge in [0.2, 0.25) is 0 Å². The Morgan fingerprint density at radius 1 is 0.658 bits per heavy atom. The molecule has 0 saturated carbocycles. The SMILES string of the molecule is Bc1ccc(N2C(C)=C(c3cc4c(cc3C)C(C)(C)CCC4(C)C)Bc3c(-c4cc(C)ccc4Nc4ccc5c(c4)C(C)(C)CCC5(C)C)cc(C(/C=C\C=C/C)=C(C)C)c(CCC)c32)c(-c2ccccc2)c1. The Morgan fingerprint density at radius 2 is 1.30 bits per heavy atom. The third-order valence-electron chi connectivity index (χ3n) is 17.4. The van der Waals surface area contributed by atoms with Gasteiger partial charge < -0.3 is 10.2 Å². The molecule has 3 aliphatic rings. The highest BCUT2D eigenvalue weighted by Gasteiger charge is 2.40. The van der Waals surface area contributed by atoms with Crippen molar-refractivity contribution in [2.45, 2.75) is 164 Å². The maximum atomic E-state index is 4.10. The Morgan fingerprint density at radius 3 is 1.95 bits per heavy atom. The number of nitrogens with one attached hydrogen (secondary N) is 1. The van der Waals surface area contributed by atoms with E-state index in [2.05, 4.69) is 249 Å². The van der Waals surface area contributed by atoms with Gasteiger partial charge in [0.05, 0.1) is 5.69 Å². The second-order valence-electron chi connectivity index (χ2n) is 25.0. The molecule has 1 heterocycles. The summed E-state index contributed by atoms with van der Waals surface area (Å²) in [6, 6.07) is 40.3. The van der Waals surface area contributed by atoms with Gasteiger partial charge in [-0.2, -0.15) is 0 Å². The molecule has 0 spiro atoms. The molecule has 0 saturated heterocycles. The molecule has 6 aromatic rings. The fourth-order valence-corrected chi connectivity index (χ4v) is 12.7. The first kappa shape index (κ1) is 51.9. The molecule has 0 amide bonds. The normalized spacial score (nSPS) is 17.3. The number of rotatable bonds is 11. The summed E-state index contributed by atoms with van der Waals surface area (Å²) in [6.45, 7) is 35.7. The van der Waals surface area contributed by atoms with Crippen LogP contribution in [-0.2, 0) is 28.1 Å². The van der Waals surface area contributed by atoms with E-state index in [1.165, 1.54) is 143 Å². The molecule has 6 aromatic carbocycles. The number of benzene rings is 6. The van der Waals surface area contributed by atoms with Crippen molar-refractivity contribution in [3.05, 3.63) is 189 Å². The van der Waals surface area contributed by atoms with Crippen LogP contribution in [0.2, 0.25) is 0 Å². The summed E-state index contributed by atoms with van der Waals surface area (Å²) in [7, 11) is 3.05. The lowest BCUT2D eigenvalue weighted by Gasteiger charge is -2.43. The molecular weight excluding hydrogens is 878 g/mol. The molecule has 0 atom stereocenters. The molecule has 9 rings (SSSR count). The Bertz CT molecular complexity index is 3260. The van der Waals surface area contributed by atoms with Gasteiger partial charge in [-0.15, -0.1) is 0 Å². The van der Waals surface area contributed by atoms with Crippen molar-refractivity contribution >= 4 is 59.8 Å². The zero-order valence-electron chi connectivity index (χ0n) is 47.5. The summed E-state index contributed by atoms with van der Waals surface area (Å²) in [4.78, 5) is 2.72. The highest BCUT2D eigenvalue weighted by molar-refractivity contribution is 6.77. The number of nitrogens with zero attached hydrogens (tertiary/aromatic N) is 1. The Kier molecular flexibility index (Phi) is 14.0. The molecule has 1 aliphatic heterocycles. The summed E-state index contributed by atoms with van der Waals surface area (Å²) in [6.07, 6.45) is 15.6. The van der Waals surface area contributed by atoms with Gasteiger partial charge in [-0.1, -0.05) is 182 Å². The first-order valence-electron chi connectivity index (χ1n) is 27.6. The maximum absolute atomic E-state index is 4.10. The van der Waals surface area contributed by atoms with E-state index in [1.807, 2.05) is 0 Å². The summed E-state index contributed by atoms with van der Waals surface area (Å²) in [5, 5.41) is 4.10. The van der Waals surface area contributed by atoms with Crippen LogP contribution in [0.15, 0.2) is 139 Å². The van der Waals surface area contributed by atoms with Crippen LogP contribution in [-0.4, -0.2) is 15.1 Å². The van der Waals surface area contributed by atoms with Gasteiger partial charge in [0.15, 0.2) is 7.28 Å². The lowest BCUT2D eigenvalue weighted by molar-refractivity contribution is 0.331. The largest absolute Gasteiger partial charge is 0.355 e. The molecule has 374 valence electrons. The molecule has 1 N–H and O–H groups in total. The van der Waals surface area contributed by atoms with E-state index < -0.39 is 0 Å². The number of fused-ring (bicyclic) bond motifs is 3. The van der Waals surface area contributed by atoms with E-state index in [0.29, 0.717) is 0 Å². The smallest absolute Gasteiger partial charge is 0.198 e.